The Kier molecular flexibility index (Phi) is 6.30. The van der Waals surface area contributed by atoms with E-state index < -0.39 is 29.9 Å². The molecule has 0 aromatic heterocycles. The molecule has 6 nitrogen and oxygen atoms in total. The molecular formula is C16H19BrO6S. The summed E-state index contributed by atoms with van der Waals surface area (Å²) in [5, 5.41) is 0. The predicted octanol–water partition coefficient (Wildman–Crippen LogP) is 2.47. The maximum Gasteiger partial charge on any atom is 0.338 e. The number of hydrogen-bond acceptors (Lipinski definition) is 7. The van der Waals surface area contributed by atoms with E-state index in [1.807, 2.05) is 37.4 Å². The van der Waals surface area contributed by atoms with E-state index in [0.29, 0.717) is 5.56 Å². The van der Waals surface area contributed by atoms with Crippen molar-refractivity contribution in [3.05, 3.63) is 29.8 Å². The van der Waals surface area contributed by atoms with Crippen LogP contribution in [0.2, 0.25) is 0 Å². The molecule has 1 saturated heterocycles. The lowest BCUT2D eigenvalue weighted by atomic mass is 10.0. The van der Waals surface area contributed by atoms with Crippen LogP contribution in [0.3, 0.4) is 0 Å². The zero-order valence-corrected chi connectivity index (χ0v) is 16.2. The maximum absolute atomic E-state index is 12.0. The van der Waals surface area contributed by atoms with Gasteiger partial charge in [0.15, 0.2) is 12.2 Å². The smallest absolute Gasteiger partial charge is 0.338 e. The summed E-state index contributed by atoms with van der Waals surface area (Å²) in [7, 11) is 2.45. The Labute approximate surface area is 153 Å². The minimum Gasteiger partial charge on any atom is -0.467 e. The minimum absolute atomic E-state index is 0.341. The van der Waals surface area contributed by atoms with Gasteiger partial charge in [0.2, 0.25) is 5.79 Å². The molecule has 8 heteroatoms. The number of thioether (sulfide) groups is 1. The summed E-state index contributed by atoms with van der Waals surface area (Å²) in [6.45, 7) is 1.82. The summed E-state index contributed by atoms with van der Waals surface area (Å²) in [4.78, 5) is 24.8. The molecular weight excluding hydrogens is 400 g/mol. The average Bonchev–Trinajstić information content (AvgIpc) is 3.02. The van der Waals surface area contributed by atoms with Gasteiger partial charge in [0.25, 0.3) is 0 Å². The Bertz CT molecular complexity index is 579. The summed E-state index contributed by atoms with van der Waals surface area (Å²) >= 11 is 5.07. The summed E-state index contributed by atoms with van der Waals surface area (Å²) in [5.41, 5.74) is 0.685. The molecule has 0 spiro atoms. The number of methoxy groups -OCH3 is 2. The average molecular weight is 419 g/mol. The number of halogens is 1. The molecule has 1 aromatic carbocycles. The van der Waals surface area contributed by atoms with Gasteiger partial charge in [0, 0.05) is 10.5 Å². The first-order chi connectivity index (χ1) is 11.4. The Morgan fingerprint density at radius 2 is 1.58 bits per heavy atom. The third kappa shape index (κ3) is 3.46. The molecule has 1 unspecified atom stereocenters. The van der Waals surface area contributed by atoms with E-state index >= 15 is 0 Å². The van der Waals surface area contributed by atoms with Gasteiger partial charge in [-0.3, -0.25) is 0 Å². The monoisotopic (exact) mass is 418 g/mol. The summed E-state index contributed by atoms with van der Waals surface area (Å²) in [5.74, 6) is -2.70. The second-order valence-electron chi connectivity index (χ2n) is 5.14. The number of carbonyl (C=O) groups is 2. The molecule has 0 saturated carbocycles. The van der Waals surface area contributed by atoms with Crippen molar-refractivity contribution in [2.75, 3.05) is 20.5 Å². The molecule has 1 heterocycles. The molecule has 24 heavy (non-hydrogen) atoms. The first-order valence-corrected chi connectivity index (χ1v) is 9.33. The molecule has 0 amide bonds. The fraction of sp³-hybridized carbons (Fsp3) is 0.500. The van der Waals surface area contributed by atoms with Crippen LogP contribution in [0.15, 0.2) is 29.2 Å². The molecule has 1 aliphatic heterocycles. The van der Waals surface area contributed by atoms with Crippen molar-refractivity contribution in [1.29, 1.82) is 0 Å². The molecule has 0 N–H and O–H groups in total. The van der Waals surface area contributed by atoms with E-state index in [0.717, 1.165) is 4.90 Å². The van der Waals surface area contributed by atoms with Crippen molar-refractivity contribution >= 4 is 39.6 Å². The van der Waals surface area contributed by atoms with Crippen molar-refractivity contribution in [1.82, 2.24) is 0 Å². The highest BCUT2D eigenvalue weighted by Gasteiger charge is 2.57. The van der Waals surface area contributed by atoms with Crippen molar-refractivity contribution in [2.45, 2.75) is 34.6 Å². The number of rotatable bonds is 5. The van der Waals surface area contributed by atoms with Gasteiger partial charge in [0.05, 0.1) is 19.0 Å². The quantitative estimate of drug-likeness (QED) is 0.413. The van der Waals surface area contributed by atoms with E-state index in [4.69, 9.17) is 18.9 Å². The lowest BCUT2D eigenvalue weighted by Crippen LogP contribution is -2.38. The minimum atomic E-state index is -1.31. The zero-order chi connectivity index (χ0) is 17.9. The number of esters is 2. The molecule has 0 radical (unpaired) electrons. The van der Waals surface area contributed by atoms with Gasteiger partial charge in [-0.25, -0.2) is 9.59 Å². The third-order valence-electron chi connectivity index (χ3n) is 3.76. The second kappa shape index (κ2) is 7.86. The highest BCUT2D eigenvalue weighted by Crippen LogP contribution is 2.44. The van der Waals surface area contributed by atoms with Crippen LogP contribution < -0.4 is 0 Å². The van der Waals surface area contributed by atoms with Crippen LogP contribution in [0.25, 0.3) is 0 Å². The summed E-state index contributed by atoms with van der Waals surface area (Å²) < 4.78 is 21.3. The molecule has 2 rings (SSSR count). The third-order valence-corrected chi connectivity index (χ3v) is 5.11. The Morgan fingerprint density at radius 3 is 1.92 bits per heavy atom. The molecule has 132 valence electrons. The van der Waals surface area contributed by atoms with E-state index in [1.54, 1.807) is 11.8 Å². The predicted molar refractivity (Wildman–Crippen MR) is 92.1 cm³/mol. The molecule has 0 aliphatic carbocycles. The van der Waals surface area contributed by atoms with Crippen molar-refractivity contribution in [3.63, 3.8) is 0 Å². The van der Waals surface area contributed by atoms with Crippen LogP contribution in [0.4, 0.5) is 0 Å². The van der Waals surface area contributed by atoms with E-state index in [9.17, 15) is 9.59 Å². The molecule has 1 aliphatic rings. The zero-order valence-electron chi connectivity index (χ0n) is 13.8. The van der Waals surface area contributed by atoms with Crippen LogP contribution >= 0.6 is 27.7 Å². The highest BCUT2D eigenvalue weighted by atomic mass is 79.9. The van der Waals surface area contributed by atoms with Crippen molar-refractivity contribution in [2.24, 2.45) is 0 Å². The lowest BCUT2D eigenvalue weighted by Gasteiger charge is -2.31. The fourth-order valence-electron chi connectivity index (χ4n) is 2.48. The van der Waals surface area contributed by atoms with E-state index in [2.05, 4.69) is 15.9 Å². The molecule has 1 aromatic rings. The van der Waals surface area contributed by atoms with E-state index in [-0.39, 0.29) is 4.83 Å². The van der Waals surface area contributed by atoms with Crippen LogP contribution in [0.1, 0.15) is 12.5 Å². The second-order valence-corrected chi connectivity index (χ2v) is 7.39. The van der Waals surface area contributed by atoms with Gasteiger partial charge in [-0.15, -0.1) is 11.8 Å². The van der Waals surface area contributed by atoms with Gasteiger partial charge < -0.3 is 18.9 Å². The summed E-state index contributed by atoms with van der Waals surface area (Å²) in [6.07, 6.45) is -0.438. The SMILES string of the molecule is COC(=O)[C@@H]1OC(c2ccc(SC)cc2)(C(C)Br)O[C@H]1C(=O)OC. The maximum atomic E-state index is 12.0. The number of hydrogen-bond donors (Lipinski definition) is 0. The summed E-state index contributed by atoms with van der Waals surface area (Å²) in [6, 6.07) is 7.53. The van der Waals surface area contributed by atoms with Crippen LogP contribution in [0.5, 0.6) is 0 Å². The normalized spacial score (nSPS) is 23.5. The van der Waals surface area contributed by atoms with E-state index in [1.165, 1.54) is 14.2 Å². The largest absolute Gasteiger partial charge is 0.467 e. The number of benzene rings is 1. The van der Waals surface area contributed by atoms with Crippen LogP contribution in [-0.2, 0) is 34.3 Å². The number of alkyl halides is 1. The first kappa shape index (κ1) is 19.2. The Balaban J connectivity index is 2.45. The van der Waals surface area contributed by atoms with Gasteiger partial charge in [-0.2, -0.15) is 0 Å². The Hall–Kier alpha value is -1.09. The van der Waals surface area contributed by atoms with Crippen LogP contribution in [0, 0.1) is 0 Å². The number of carbonyl (C=O) groups excluding carboxylic acids is 2. The first-order valence-electron chi connectivity index (χ1n) is 7.19. The molecule has 0 bridgehead atoms. The van der Waals surface area contributed by atoms with Gasteiger partial charge in [-0.05, 0) is 25.3 Å². The topological polar surface area (TPSA) is 71.1 Å². The molecule has 1 fully saturated rings. The molecule has 3 atom stereocenters. The highest BCUT2D eigenvalue weighted by molar-refractivity contribution is 9.09. The van der Waals surface area contributed by atoms with Crippen molar-refractivity contribution < 1.29 is 28.5 Å². The fourth-order valence-corrected chi connectivity index (χ4v) is 3.37. The van der Waals surface area contributed by atoms with Gasteiger partial charge >= 0.3 is 11.9 Å². The van der Waals surface area contributed by atoms with Gasteiger partial charge in [0.1, 0.15) is 0 Å². The number of ether oxygens (including phenoxy) is 4. The van der Waals surface area contributed by atoms with Gasteiger partial charge in [-0.1, -0.05) is 28.1 Å². The van der Waals surface area contributed by atoms with Crippen molar-refractivity contribution in [3.8, 4) is 0 Å². The Morgan fingerprint density at radius 1 is 1.12 bits per heavy atom. The van der Waals surface area contributed by atoms with Crippen LogP contribution in [-0.4, -0.2) is 49.4 Å². The lowest BCUT2D eigenvalue weighted by molar-refractivity contribution is -0.192. The standard InChI is InChI=1S/C16H19BrO6S/c1-9(17)16(10-5-7-11(24-4)8-6-10)22-12(14(18)20-2)13(23-16)15(19)21-3/h5-9,12-13H,1-4H3/t9?,12-,13-/m1/s1.